The maximum absolute atomic E-state index is 12.1. The monoisotopic (exact) mass is 284 g/mol. The maximum atomic E-state index is 12.1. The van der Waals surface area contributed by atoms with Gasteiger partial charge in [-0.3, -0.25) is 9.59 Å². The Morgan fingerprint density at radius 1 is 1.47 bits per heavy atom. The number of benzene rings is 1. The van der Waals surface area contributed by atoms with Crippen LogP contribution in [0.4, 0.5) is 5.69 Å². The predicted molar refractivity (Wildman–Crippen MR) is 66.2 cm³/mol. The second-order valence-electron chi connectivity index (χ2n) is 4.20. The van der Waals surface area contributed by atoms with E-state index in [0.29, 0.717) is 11.3 Å². The van der Waals surface area contributed by atoms with Crippen LogP contribution in [0.25, 0.3) is 0 Å². The summed E-state index contributed by atoms with van der Waals surface area (Å²) >= 11 is 0. The Morgan fingerprint density at radius 2 is 2.16 bits per heavy atom. The van der Waals surface area contributed by atoms with Crippen LogP contribution in [0.1, 0.15) is 5.56 Å². The number of anilines is 1. The van der Waals surface area contributed by atoms with Gasteiger partial charge >= 0.3 is 5.97 Å². The van der Waals surface area contributed by atoms with Crippen LogP contribution in [0.3, 0.4) is 0 Å². The zero-order chi connectivity index (χ0) is 14.2. The topological polar surface area (TPSA) is 104 Å². The number of hydrogen-bond donors (Lipinski definition) is 2. The normalized spacial score (nSPS) is 14.3. The number of nitrogens with zero attached hydrogens (tertiary/aromatic N) is 1. The fraction of sp³-hybridized carbons (Fsp3) is 0.273. The number of sulfonamides is 1. The van der Waals surface area contributed by atoms with Crippen molar-refractivity contribution in [1.29, 1.82) is 0 Å². The van der Waals surface area contributed by atoms with E-state index in [0.717, 1.165) is 4.31 Å². The van der Waals surface area contributed by atoms with Crippen LogP contribution < -0.4 is 5.32 Å². The van der Waals surface area contributed by atoms with Crippen molar-refractivity contribution in [2.24, 2.45) is 0 Å². The average molecular weight is 284 g/mol. The molecule has 0 aromatic heterocycles. The van der Waals surface area contributed by atoms with Crippen molar-refractivity contribution in [3.8, 4) is 0 Å². The van der Waals surface area contributed by atoms with Crippen LogP contribution in [0.15, 0.2) is 23.1 Å². The smallest absolute Gasteiger partial charge is 0.318 e. The molecule has 1 heterocycles. The Morgan fingerprint density at radius 3 is 2.79 bits per heavy atom. The van der Waals surface area contributed by atoms with Crippen molar-refractivity contribution in [3.63, 3.8) is 0 Å². The van der Waals surface area contributed by atoms with Gasteiger partial charge in [0.25, 0.3) is 0 Å². The quantitative estimate of drug-likeness (QED) is 0.802. The molecule has 0 saturated heterocycles. The number of carbonyl (C=O) groups is 2. The molecule has 102 valence electrons. The highest BCUT2D eigenvalue weighted by molar-refractivity contribution is 7.89. The molecule has 8 heteroatoms. The third kappa shape index (κ3) is 2.59. The van der Waals surface area contributed by atoms with Gasteiger partial charge in [0.2, 0.25) is 15.9 Å². The third-order valence-corrected chi connectivity index (χ3v) is 4.57. The molecule has 2 N–H and O–H groups in total. The highest BCUT2D eigenvalue weighted by Gasteiger charge is 2.25. The molecular weight excluding hydrogens is 272 g/mol. The number of carboxylic acid groups (broad SMARTS) is 1. The summed E-state index contributed by atoms with van der Waals surface area (Å²) in [6, 6.07) is 4.24. The van der Waals surface area contributed by atoms with E-state index in [1.165, 1.54) is 25.2 Å². The van der Waals surface area contributed by atoms with Crippen molar-refractivity contribution in [3.05, 3.63) is 23.8 Å². The summed E-state index contributed by atoms with van der Waals surface area (Å²) < 4.78 is 25.0. The van der Waals surface area contributed by atoms with E-state index < -0.39 is 22.5 Å². The lowest BCUT2D eigenvalue weighted by molar-refractivity contribution is -0.137. The number of likely N-dealkylation sites (N-methyl/N-ethyl adjacent to an activating group) is 1. The first kappa shape index (κ1) is 13.5. The summed E-state index contributed by atoms with van der Waals surface area (Å²) in [6.45, 7) is -0.614. The third-order valence-electron chi connectivity index (χ3n) is 2.77. The summed E-state index contributed by atoms with van der Waals surface area (Å²) in [7, 11) is -2.67. The molecule has 1 aliphatic rings. The van der Waals surface area contributed by atoms with Crippen LogP contribution >= 0.6 is 0 Å². The average Bonchev–Trinajstić information content (AvgIpc) is 2.66. The molecule has 0 saturated carbocycles. The van der Waals surface area contributed by atoms with E-state index in [-0.39, 0.29) is 17.2 Å². The number of amides is 1. The molecular formula is C11H12N2O5S. The zero-order valence-electron chi connectivity index (χ0n) is 10.1. The van der Waals surface area contributed by atoms with E-state index in [2.05, 4.69) is 5.32 Å². The van der Waals surface area contributed by atoms with E-state index >= 15 is 0 Å². The minimum Gasteiger partial charge on any atom is -0.480 e. The number of carboxylic acids is 1. The molecule has 19 heavy (non-hydrogen) atoms. The Kier molecular flexibility index (Phi) is 3.29. The van der Waals surface area contributed by atoms with E-state index in [9.17, 15) is 18.0 Å². The zero-order valence-corrected chi connectivity index (χ0v) is 10.9. The molecule has 7 nitrogen and oxygen atoms in total. The largest absolute Gasteiger partial charge is 0.480 e. The number of nitrogens with one attached hydrogen (secondary N) is 1. The molecule has 0 atom stereocenters. The summed E-state index contributed by atoms with van der Waals surface area (Å²) in [4.78, 5) is 21.7. The first-order valence-corrected chi connectivity index (χ1v) is 6.85. The van der Waals surface area contributed by atoms with Crippen LogP contribution in [0, 0.1) is 0 Å². The molecule has 1 aromatic carbocycles. The molecule has 1 amide bonds. The van der Waals surface area contributed by atoms with Gasteiger partial charge in [-0.15, -0.1) is 0 Å². The highest BCUT2D eigenvalue weighted by atomic mass is 32.2. The Hall–Kier alpha value is -1.93. The van der Waals surface area contributed by atoms with Crippen LogP contribution in [0.2, 0.25) is 0 Å². The van der Waals surface area contributed by atoms with Gasteiger partial charge in [0.1, 0.15) is 6.54 Å². The van der Waals surface area contributed by atoms with Crippen molar-refractivity contribution in [2.75, 3.05) is 18.9 Å². The van der Waals surface area contributed by atoms with Gasteiger partial charge in [-0.1, -0.05) is 0 Å². The predicted octanol–water partition coefficient (Wildman–Crippen LogP) is -0.114. The van der Waals surface area contributed by atoms with Crippen molar-refractivity contribution in [1.82, 2.24) is 4.31 Å². The van der Waals surface area contributed by atoms with Gasteiger partial charge in [-0.05, 0) is 23.8 Å². The molecule has 0 fully saturated rings. The molecule has 0 aliphatic carbocycles. The van der Waals surface area contributed by atoms with E-state index in [1.807, 2.05) is 0 Å². The number of fused-ring (bicyclic) bond motifs is 1. The number of aliphatic carboxylic acids is 1. The minimum atomic E-state index is -3.86. The van der Waals surface area contributed by atoms with E-state index in [1.54, 1.807) is 0 Å². The molecule has 2 rings (SSSR count). The lowest BCUT2D eigenvalue weighted by atomic mass is 10.2. The van der Waals surface area contributed by atoms with Crippen LogP contribution in [-0.2, 0) is 26.0 Å². The second kappa shape index (κ2) is 4.63. The number of carbonyl (C=O) groups excluding carboxylic acids is 1. The number of hydrogen-bond acceptors (Lipinski definition) is 4. The van der Waals surface area contributed by atoms with Crippen LogP contribution in [0.5, 0.6) is 0 Å². The highest BCUT2D eigenvalue weighted by Crippen LogP contribution is 2.26. The molecule has 0 unspecified atom stereocenters. The standard InChI is InChI=1S/C11H12N2O5S/c1-13(6-11(15)16)19(17,18)8-2-3-9-7(4-8)5-10(14)12-9/h2-4H,5-6H2,1H3,(H,12,14)(H,15,16). The van der Waals surface area contributed by atoms with Crippen molar-refractivity contribution >= 4 is 27.6 Å². The SMILES string of the molecule is CN(CC(=O)O)S(=O)(=O)c1ccc2c(c1)CC(=O)N2. The fourth-order valence-electron chi connectivity index (χ4n) is 1.82. The van der Waals surface area contributed by atoms with Gasteiger partial charge in [-0.2, -0.15) is 4.31 Å². The van der Waals surface area contributed by atoms with Gasteiger partial charge in [0.15, 0.2) is 0 Å². The molecule has 1 aliphatic heterocycles. The van der Waals surface area contributed by atoms with Gasteiger partial charge in [-0.25, -0.2) is 8.42 Å². The fourth-order valence-corrected chi connectivity index (χ4v) is 2.99. The Bertz CT molecular complexity index is 653. The molecule has 0 radical (unpaired) electrons. The molecule has 0 spiro atoms. The summed E-state index contributed by atoms with van der Waals surface area (Å²) in [6.07, 6.45) is 0.126. The van der Waals surface area contributed by atoms with Gasteiger partial charge in [0, 0.05) is 12.7 Å². The summed E-state index contributed by atoms with van der Waals surface area (Å²) in [5.41, 5.74) is 1.18. The Balaban J connectivity index is 2.35. The summed E-state index contributed by atoms with van der Waals surface area (Å²) in [5, 5.41) is 11.2. The van der Waals surface area contributed by atoms with Crippen molar-refractivity contribution in [2.45, 2.75) is 11.3 Å². The number of rotatable bonds is 4. The lowest BCUT2D eigenvalue weighted by Crippen LogP contribution is -2.32. The van der Waals surface area contributed by atoms with Gasteiger partial charge < -0.3 is 10.4 Å². The maximum Gasteiger partial charge on any atom is 0.318 e. The molecule has 0 bridgehead atoms. The van der Waals surface area contributed by atoms with Crippen molar-refractivity contribution < 1.29 is 23.1 Å². The molecule has 1 aromatic rings. The second-order valence-corrected chi connectivity index (χ2v) is 6.24. The first-order valence-electron chi connectivity index (χ1n) is 5.41. The minimum absolute atomic E-state index is 0.0218. The Labute approximate surface area is 109 Å². The van der Waals surface area contributed by atoms with Crippen LogP contribution in [-0.4, -0.2) is 43.3 Å². The first-order chi connectivity index (χ1) is 8.80. The van der Waals surface area contributed by atoms with Gasteiger partial charge in [0.05, 0.1) is 11.3 Å². The lowest BCUT2D eigenvalue weighted by Gasteiger charge is -2.15. The van der Waals surface area contributed by atoms with E-state index in [4.69, 9.17) is 5.11 Å². The summed E-state index contributed by atoms with van der Waals surface area (Å²) in [5.74, 6) is -1.42.